The van der Waals surface area contributed by atoms with E-state index in [4.69, 9.17) is 9.47 Å². The van der Waals surface area contributed by atoms with Gasteiger partial charge in [0.1, 0.15) is 6.61 Å². The standard InChI is InChI=1S/C14H21NO3/c1-12-4-6-14(7-5-12)15(8-10-17-3)9-11-18-13(2)16/h4-7H,8-11H2,1-3H3. The third-order valence-corrected chi connectivity index (χ3v) is 2.63. The van der Waals surface area contributed by atoms with Gasteiger partial charge in [-0.2, -0.15) is 0 Å². The molecule has 1 rings (SSSR count). The van der Waals surface area contributed by atoms with E-state index in [1.807, 2.05) is 0 Å². The molecule has 1 aromatic carbocycles. The minimum Gasteiger partial charge on any atom is -0.464 e. The fourth-order valence-corrected chi connectivity index (χ4v) is 1.63. The normalized spacial score (nSPS) is 10.2. The van der Waals surface area contributed by atoms with Crippen LogP contribution in [0.3, 0.4) is 0 Å². The molecule has 0 aliphatic heterocycles. The molecule has 0 fully saturated rings. The Morgan fingerprint density at radius 1 is 1.17 bits per heavy atom. The van der Waals surface area contributed by atoms with Crippen molar-refractivity contribution in [3.8, 4) is 0 Å². The van der Waals surface area contributed by atoms with Crippen LogP contribution in [-0.2, 0) is 14.3 Å². The zero-order valence-corrected chi connectivity index (χ0v) is 11.3. The van der Waals surface area contributed by atoms with E-state index in [2.05, 4.69) is 36.1 Å². The Labute approximate surface area is 108 Å². The maximum absolute atomic E-state index is 10.8. The van der Waals surface area contributed by atoms with Gasteiger partial charge >= 0.3 is 5.97 Å². The van der Waals surface area contributed by atoms with Crippen LogP contribution in [0.4, 0.5) is 5.69 Å². The third kappa shape index (κ3) is 5.19. The highest BCUT2D eigenvalue weighted by molar-refractivity contribution is 5.65. The number of hydrogen-bond acceptors (Lipinski definition) is 4. The number of benzene rings is 1. The molecule has 0 N–H and O–H groups in total. The molecular weight excluding hydrogens is 230 g/mol. The number of aryl methyl sites for hydroxylation is 1. The quantitative estimate of drug-likeness (QED) is 0.695. The lowest BCUT2D eigenvalue weighted by Gasteiger charge is -2.24. The molecule has 0 amide bonds. The first-order chi connectivity index (χ1) is 8.63. The van der Waals surface area contributed by atoms with Crippen molar-refractivity contribution in [1.29, 1.82) is 0 Å². The van der Waals surface area contributed by atoms with Crippen LogP contribution in [0.2, 0.25) is 0 Å². The lowest BCUT2D eigenvalue weighted by molar-refractivity contribution is -0.140. The molecule has 0 saturated heterocycles. The Hall–Kier alpha value is -1.55. The first kappa shape index (κ1) is 14.5. The molecule has 4 heteroatoms. The summed E-state index contributed by atoms with van der Waals surface area (Å²) < 4.78 is 10.1. The maximum atomic E-state index is 10.8. The van der Waals surface area contributed by atoms with Crippen LogP contribution >= 0.6 is 0 Å². The van der Waals surface area contributed by atoms with Gasteiger partial charge < -0.3 is 14.4 Å². The molecule has 0 aliphatic rings. The average Bonchev–Trinajstić information content (AvgIpc) is 2.34. The van der Waals surface area contributed by atoms with Crippen molar-refractivity contribution in [1.82, 2.24) is 0 Å². The second-order valence-electron chi connectivity index (χ2n) is 4.16. The predicted molar refractivity (Wildman–Crippen MR) is 71.9 cm³/mol. The molecule has 0 aliphatic carbocycles. The second kappa shape index (κ2) is 7.71. The fraction of sp³-hybridized carbons (Fsp3) is 0.500. The van der Waals surface area contributed by atoms with E-state index in [-0.39, 0.29) is 5.97 Å². The van der Waals surface area contributed by atoms with Gasteiger partial charge in [-0.25, -0.2) is 0 Å². The molecule has 0 atom stereocenters. The highest BCUT2D eigenvalue weighted by Gasteiger charge is 2.06. The van der Waals surface area contributed by atoms with E-state index in [9.17, 15) is 4.79 Å². The van der Waals surface area contributed by atoms with Gasteiger partial charge in [0.2, 0.25) is 0 Å². The Balaban J connectivity index is 2.59. The Bertz CT molecular complexity index is 362. The topological polar surface area (TPSA) is 38.8 Å². The predicted octanol–water partition coefficient (Wildman–Crippen LogP) is 2.01. The van der Waals surface area contributed by atoms with Gasteiger partial charge in [-0.3, -0.25) is 4.79 Å². The summed E-state index contributed by atoms with van der Waals surface area (Å²) in [6.45, 7) is 5.97. The summed E-state index contributed by atoms with van der Waals surface area (Å²) in [7, 11) is 1.68. The summed E-state index contributed by atoms with van der Waals surface area (Å²) in [5.41, 5.74) is 2.34. The second-order valence-corrected chi connectivity index (χ2v) is 4.16. The van der Waals surface area contributed by atoms with E-state index in [1.54, 1.807) is 7.11 Å². The van der Waals surface area contributed by atoms with Crippen LogP contribution < -0.4 is 4.90 Å². The van der Waals surface area contributed by atoms with Crippen molar-refractivity contribution in [3.63, 3.8) is 0 Å². The summed E-state index contributed by atoms with van der Waals surface area (Å²) in [5.74, 6) is -0.245. The lowest BCUT2D eigenvalue weighted by atomic mass is 10.2. The van der Waals surface area contributed by atoms with Crippen LogP contribution in [0.1, 0.15) is 12.5 Å². The van der Waals surface area contributed by atoms with Crippen molar-refractivity contribution in [3.05, 3.63) is 29.8 Å². The molecule has 0 heterocycles. The number of esters is 1. The Morgan fingerprint density at radius 3 is 2.33 bits per heavy atom. The summed E-state index contributed by atoms with van der Waals surface area (Å²) >= 11 is 0. The van der Waals surface area contributed by atoms with E-state index >= 15 is 0 Å². The van der Waals surface area contributed by atoms with Crippen molar-refractivity contribution in [2.75, 3.05) is 38.3 Å². The van der Waals surface area contributed by atoms with E-state index in [1.165, 1.54) is 12.5 Å². The van der Waals surface area contributed by atoms with Crippen molar-refractivity contribution in [2.24, 2.45) is 0 Å². The number of methoxy groups -OCH3 is 1. The maximum Gasteiger partial charge on any atom is 0.302 e. The molecule has 0 spiro atoms. The number of anilines is 1. The molecule has 0 aromatic heterocycles. The number of carbonyl (C=O) groups is 1. The van der Waals surface area contributed by atoms with Crippen LogP contribution in [0.15, 0.2) is 24.3 Å². The monoisotopic (exact) mass is 251 g/mol. The highest BCUT2D eigenvalue weighted by atomic mass is 16.5. The fourth-order valence-electron chi connectivity index (χ4n) is 1.63. The average molecular weight is 251 g/mol. The van der Waals surface area contributed by atoms with Gasteiger partial charge in [-0.1, -0.05) is 17.7 Å². The van der Waals surface area contributed by atoms with Gasteiger partial charge in [-0.15, -0.1) is 0 Å². The van der Waals surface area contributed by atoms with Crippen molar-refractivity contribution < 1.29 is 14.3 Å². The number of carbonyl (C=O) groups excluding carboxylic acids is 1. The summed E-state index contributed by atoms with van der Waals surface area (Å²) in [4.78, 5) is 12.9. The minimum atomic E-state index is -0.245. The summed E-state index contributed by atoms with van der Waals surface area (Å²) in [6, 6.07) is 8.28. The number of hydrogen-bond donors (Lipinski definition) is 0. The number of nitrogens with zero attached hydrogens (tertiary/aromatic N) is 1. The summed E-state index contributed by atoms with van der Waals surface area (Å²) in [6.07, 6.45) is 0. The molecule has 0 bridgehead atoms. The Kier molecular flexibility index (Phi) is 6.22. The molecular formula is C14H21NO3. The van der Waals surface area contributed by atoms with Crippen LogP contribution in [0.5, 0.6) is 0 Å². The summed E-state index contributed by atoms with van der Waals surface area (Å²) in [5, 5.41) is 0. The van der Waals surface area contributed by atoms with E-state index in [0.29, 0.717) is 19.8 Å². The Morgan fingerprint density at radius 2 is 1.78 bits per heavy atom. The van der Waals surface area contributed by atoms with Gasteiger partial charge in [-0.05, 0) is 19.1 Å². The van der Waals surface area contributed by atoms with Crippen LogP contribution in [0.25, 0.3) is 0 Å². The molecule has 0 unspecified atom stereocenters. The molecule has 100 valence electrons. The smallest absolute Gasteiger partial charge is 0.302 e. The molecule has 1 aromatic rings. The number of rotatable bonds is 7. The largest absolute Gasteiger partial charge is 0.464 e. The SMILES string of the molecule is COCCN(CCOC(C)=O)c1ccc(C)cc1. The molecule has 0 saturated carbocycles. The van der Waals surface area contributed by atoms with Gasteiger partial charge in [0.15, 0.2) is 0 Å². The zero-order valence-electron chi connectivity index (χ0n) is 11.3. The number of ether oxygens (including phenoxy) is 2. The van der Waals surface area contributed by atoms with Crippen LogP contribution in [-0.4, -0.2) is 39.4 Å². The lowest BCUT2D eigenvalue weighted by Crippen LogP contribution is -2.31. The zero-order chi connectivity index (χ0) is 13.4. The van der Waals surface area contributed by atoms with Gasteiger partial charge in [0, 0.05) is 26.3 Å². The van der Waals surface area contributed by atoms with Crippen molar-refractivity contribution in [2.45, 2.75) is 13.8 Å². The van der Waals surface area contributed by atoms with Gasteiger partial charge in [0.05, 0.1) is 13.2 Å². The van der Waals surface area contributed by atoms with Crippen LogP contribution in [0, 0.1) is 6.92 Å². The van der Waals surface area contributed by atoms with Crippen molar-refractivity contribution >= 4 is 11.7 Å². The van der Waals surface area contributed by atoms with E-state index < -0.39 is 0 Å². The third-order valence-electron chi connectivity index (χ3n) is 2.63. The molecule has 0 radical (unpaired) electrons. The van der Waals surface area contributed by atoms with Gasteiger partial charge in [0.25, 0.3) is 0 Å². The highest BCUT2D eigenvalue weighted by Crippen LogP contribution is 2.14. The minimum absolute atomic E-state index is 0.245. The molecule has 4 nitrogen and oxygen atoms in total. The first-order valence-corrected chi connectivity index (χ1v) is 6.07. The first-order valence-electron chi connectivity index (χ1n) is 6.07. The van der Waals surface area contributed by atoms with E-state index in [0.717, 1.165) is 12.2 Å². The molecule has 18 heavy (non-hydrogen) atoms.